The highest BCUT2D eigenvalue weighted by molar-refractivity contribution is 5.21. The molecule has 1 heterocycles. The molecule has 128 valence electrons. The molecule has 1 fully saturated rings. The van der Waals surface area contributed by atoms with Crippen molar-refractivity contribution in [3.05, 3.63) is 48.0 Å². The van der Waals surface area contributed by atoms with Crippen LogP contribution < -0.4 is 0 Å². The van der Waals surface area contributed by atoms with Crippen LogP contribution in [-0.2, 0) is 16.0 Å². The Morgan fingerprint density at radius 2 is 2.22 bits per heavy atom. The first-order chi connectivity index (χ1) is 11.2. The van der Waals surface area contributed by atoms with Gasteiger partial charge in [-0.25, -0.2) is 0 Å². The van der Waals surface area contributed by atoms with Gasteiger partial charge in [-0.15, -0.1) is 6.58 Å². The maximum absolute atomic E-state index is 10.2. The molecule has 0 unspecified atom stereocenters. The Morgan fingerprint density at radius 3 is 2.87 bits per heavy atom. The van der Waals surface area contributed by atoms with E-state index in [1.54, 1.807) is 6.08 Å². The Bertz CT molecular complexity index is 454. The van der Waals surface area contributed by atoms with E-state index in [-0.39, 0.29) is 6.10 Å². The van der Waals surface area contributed by atoms with Crippen LogP contribution in [0.15, 0.2) is 36.9 Å². The van der Waals surface area contributed by atoms with Gasteiger partial charge in [-0.1, -0.05) is 35.9 Å². The average Bonchev–Trinajstić information content (AvgIpc) is 3.03. The van der Waals surface area contributed by atoms with Gasteiger partial charge in [0, 0.05) is 26.2 Å². The molecule has 2 atom stereocenters. The first kappa shape index (κ1) is 18.1. The molecular weight excluding hydrogens is 290 g/mol. The van der Waals surface area contributed by atoms with Crippen molar-refractivity contribution in [1.82, 2.24) is 4.90 Å². The number of aryl methyl sites for hydroxylation is 1. The third kappa shape index (κ3) is 6.83. The number of aliphatic hydroxyl groups is 1. The van der Waals surface area contributed by atoms with Gasteiger partial charge in [0.2, 0.25) is 0 Å². The van der Waals surface area contributed by atoms with Gasteiger partial charge in [0.1, 0.15) is 0 Å². The predicted octanol–water partition coefficient (Wildman–Crippen LogP) is 2.54. The Balaban J connectivity index is 1.89. The highest BCUT2D eigenvalue weighted by Gasteiger charge is 2.21. The number of hydrogen-bond donors (Lipinski definition) is 1. The molecule has 1 saturated heterocycles. The summed E-state index contributed by atoms with van der Waals surface area (Å²) >= 11 is 0. The van der Waals surface area contributed by atoms with Crippen LogP contribution in [0.3, 0.4) is 0 Å². The molecule has 1 aliphatic heterocycles. The van der Waals surface area contributed by atoms with Gasteiger partial charge >= 0.3 is 0 Å². The summed E-state index contributed by atoms with van der Waals surface area (Å²) in [5, 5.41) is 10.2. The summed E-state index contributed by atoms with van der Waals surface area (Å²) in [6, 6.07) is 8.56. The van der Waals surface area contributed by atoms with Crippen molar-refractivity contribution in [2.24, 2.45) is 0 Å². The van der Waals surface area contributed by atoms with Crippen molar-refractivity contribution in [1.29, 1.82) is 0 Å². The second-order valence-corrected chi connectivity index (χ2v) is 6.29. The minimum atomic E-state index is -0.498. The van der Waals surface area contributed by atoms with Crippen molar-refractivity contribution in [3.63, 3.8) is 0 Å². The summed E-state index contributed by atoms with van der Waals surface area (Å²) in [7, 11) is 0. The van der Waals surface area contributed by atoms with E-state index >= 15 is 0 Å². The molecule has 0 bridgehead atoms. The van der Waals surface area contributed by atoms with Gasteiger partial charge in [0.15, 0.2) is 0 Å². The minimum Gasteiger partial charge on any atom is -0.389 e. The average molecular weight is 319 g/mol. The van der Waals surface area contributed by atoms with Gasteiger partial charge < -0.3 is 14.6 Å². The summed E-state index contributed by atoms with van der Waals surface area (Å²) in [6.07, 6.45) is 3.72. The summed E-state index contributed by atoms with van der Waals surface area (Å²) in [6.45, 7) is 9.63. The molecule has 1 aromatic carbocycles. The van der Waals surface area contributed by atoms with E-state index in [9.17, 15) is 5.11 Å². The first-order valence-electron chi connectivity index (χ1n) is 8.43. The van der Waals surface area contributed by atoms with Gasteiger partial charge in [-0.3, -0.25) is 4.90 Å². The van der Waals surface area contributed by atoms with Gasteiger partial charge in [-0.05, 0) is 25.3 Å². The molecule has 0 aliphatic carbocycles. The summed E-state index contributed by atoms with van der Waals surface area (Å²) < 4.78 is 11.1. The lowest BCUT2D eigenvalue weighted by atomic mass is 10.1. The van der Waals surface area contributed by atoms with E-state index in [4.69, 9.17) is 9.47 Å². The molecule has 1 aliphatic rings. The van der Waals surface area contributed by atoms with Crippen LogP contribution in [0.5, 0.6) is 0 Å². The smallest absolute Gasteiger partial charge is 0.0900 e. The SMILES string of the molecule is C=CCOC[C@H](O)CN(Cc1ccc(C)cc1)C[C@@H]1CCCO1. The van der Waals surface area contributed by atoms with Crippen LogP contribution in [0.4, 0.5) is 0 Å². The van der Waals surface area contributed by atoms with E-state index in [0.29, 0.717) is 19.8 Å². The number of rotatable bonds is 10. The van der Waals surface area contributed by atoms with E-state index in [2.05, 4.69) is 42.7 Å². The predicted molar refractivity (Wildman–Crippen MR) is 92.5 cm³/mol. The zero-order valence-electron chi connectivity index (χ0n) is 14.1. The fraction of sp³-hybridized carbons (Fsp3) is 0.579. The van der Waals surface area contributed by atoms with Crippen LogP contribution >= 0.6 is 0 Å². The molecule has 1 aromatic rings. The molecule has 0 aromatic heterocycles. The molecule has 23 heavy (non-hydrogen) atoms. The van der Waals surface area contributed by atoms with Crippen LogP contribution in [0, 0.1) is 6.92 Å². The fourth-order valence-electron chi connectivity index (χ4n) is 2.87. The second-order valence-electron chi connectivity index (χ2n) is 6.29. The van der Waals surface area contributed by atoms with Crippen molar-refractivity contribution < 1.29 is 14.6 Å². The molecule has 4 nitrogen and oxygen atoms in total. The number of ether oxygens (including phenoxy) is 2. The van der Waals surface area contributed by atoms with Crippen molar-refractivity contribution in [2.75, 3.05) is 32.9 Å². The summed E-state index contributed by atoms with van der Waals surface area (Å²) in [5.41, 5.74) is 2.52. The maximum Gasteiger partial charge on any atom is 0.0900 e. The normalized spacial score (nSPS) is 19.2. The van der Waals surface area contributed by atoms with Gasteiger partial charge in [-0.2, -0.15) is 0 Å². The zero-order valence-corrected chi connectivity index (χ0v) is 14.1. The van der Waals surface area contributed by atoms with E-state index < -0.39 is 6.10 Å². The van der Waals surface area contributed by atoms with Crippen LogP contribution in [0.25, 0.3) is 0 Å². The Kier molecular flexibility index (Phi) is 7.76. The lowest BCUT2D eigenvalue weighted by Gasteiger charge is -2.27. The van der Waals surface area contributed by atoms with E-state index in [1.807, 2.05) is 0 Å². The third-order valence-corrected chi connectivity index (χ3v) is 4.03. The monoisotopic (exact) mass is 319 g/mol. The molecule has 0 spiro atoms. The number of aliphatic hydroxyl groups excluding tert-OH is 1. The molecule has 1 N–H and O–H groups in total. The van der Waals surface area contributed by atoms with Crippen LogP contribution in [0.1, 0.15) is 24.0 Å². The molecular formula is C19H29NO3. The largest absolute Gasteiger partial charge is 0.389 e. The molecule has 0 amide bonds. The standard InChI is InChI=1S/C19H29NO3/c1-3-10-22-15-18(21)13-20(14-19-5-4-11-23-19)12-17-8-6-16(2)7-9-17/h3,6-9,18-19,21H,1,4-5,10-15H2,2H3/t18-,19+/m1/s1. The molecule has 2 rings (SSSR count). The Hall–Kier alpha value is -1.20. The summed E-state index contributed by atoms with van der Waals surface area (Å²) in [4.78, 5) is 2.27. The lowest BCUT2D eigenvalue weighted by Crippen LogP contribution is -2.39. The number of benzene rings is 1. The Morgan fingerprint density at radius 1 is 1.43 bits per heavy atom. The van der Waals surface area contributed by atoms with Crippen molar-refractivity contribution in [2.45, 2.75) is 38.5 Å². The van der Waals surface area contributed by atoms with Crippen LogP contribution in [0.2, 0.25) is 0 Å². The molecule has 4 heteroatoms. The summed E-state index contributed by atoms with van der Waals surface area (Å²) in [5.74, 6) is 0. The van der Waals surface area contributed by atoms with Crippen molar-refractivity contribution in [3.8, 4) is 0 Å². The quantitative estimate of drug-likeness (QED) is 0.531. The molecule has 0 saturated carbocycles. The lowest BCUT2D eigenvalue weighted by molar-refractivity contribution is 0.00856. The van der Waals surface area contributed by atoms with Crippen molar-refractivity contribution >= 4 is 0 Å². The number of hydrogen-bond acceptors (Lipinski definition) is 4. The first-order valence-corrected chi connectivity index (χ1v) is 8.43. The van der Waals surface area contributed by atoms with Gasteiger partial charge in [0.25, 0.3) is 0 Å². The topological polar surface area (TPSA) is 41.9 Å². The number of nitrogens with zero attached hydrogens (tertiary/aromatic N) is 1. The molecule has 0 radical (unpaired) electrons. The highest BCUT2D eigenvalue weighted by atomic mass is 16.5. The zero-order chi connectivity index (χ0) is 16.5. The fourth-order valence-corrected chi connectivity index (χ4v) is 2.87. The van der Waals surface area contributed by atoms with E-state index in [1.165, 1.54) is 11.1 Å². The highest BCUT2D eigenvalue weighted by Crippen LogP contribution is 2.16. The maximum atomic E-state index is 10.2. The van der Waals surface area contributed by atoms with Crippen LogP contribution in [-0.4, -0.2) is 55.1 Å². The van der Waals surface area contributed by atoms with Gasteiger partial charge in [0.05, 0.1) is 25.4 Å². The minimum absolute atomic E-state index is 0.279. The Labute approximate surface area is 139 Å². The second kappa shape index (κ2) is 9.83. The van der Waals surface area contributed by atoms with E-state index in [0.717, 1.165) is 32.5 Å². The third-order valence-electron chi connectivity index (χ3n) is 4.03.